The Labute approximate surface area is 50.8 Å². The van der Waals surface area contributed by atoms with Crippen LogP contribution in [0.25, 0.3) is 0 Å². The van der Waals surface area contributed by atoms with Crippen LogP contribution in [0.2, 0.25) is 0 Å². The minimum absolute atomic E-state index is 0.981. The second kappa shape index (κ2) is 2.88. The summed E-state index contributed by atoms with van der Waals surface area (Å²) >= 11 is 0. The maximum atomic E-state index is 3.07. The molecule has 1 nitrogen and oxygen atoms in total. The van der Waals surface area contributed by atoms with E-state index >= 15 is 0 Å². The summed E-state index contributed by atoms with van der Waals surface area (Å²) in [6.45, 7) is 6.23. The molecule has 0 spiro atoms. The van der Waals surface area contributed by atoms with Crippen molar-refractivity contribution in [3.63, 3.8) is 0 Å². The fourth-order valence-electron chi connectivity index (χ4n) is 0.824. The molecule has 1 N–H and O–H groups in total. The Bertz CT molecular complexity index is 94.6. The Hall–Kier alpha value is -0.300. The second-order valence-corrected chi connectivity index (χ2v) is 1.99. The van der Waals surface area contributed by atoms with Gasteiger partial charge in [-0.3, -0.25) is 0 Å². The first-order valence-electron chi connectivity index (χ1n) is 3.11. The molecule has 0 aromatic carbocycles. The van der Waals surface area contributed by atoms with E-state index in [1.54, 1.807) is 0 Å². The van der Waals surface area contributed by atoms with Gasteiger partial charge in [0.05, 0.1) is 6.54 Å². The van der Waals surface area contributed by atoms with Crippen molar-refractivity contribution < 1.29 is 0 Å². The Kier molecular flexibility index (Phi) is 2.10. The van der Waals surface area contributed by atoms with E-state index in [0.29, 0.717) is 0 Å². The summed E-state index contributed by atoms with van der Waals surface area (Å²) in [5, 5.41) is 3.01. The van der Waals surface area contributed by atoms with E-state index in [1.807, 2.05) is 0 Å². The lowest BCUT2D eigenvalue weighted by Gasteiger charge is -1.92. The molecule has 1 aliphatic heterocycles. The third-order valence-electron chi connectivity index (χ3n) is 1.22. The smallest absolute Gasteiger partial charge is 0.0889 e. The van der Waals surface area contributed by atoms with Gasteiger partial charge < -0.3 is 5.32 Å². The van der Waals surface area contributed by atoms with E-state index in [2.05, 4.69) is 24.9 Å². The van der Waals surface area contributed by atoms with Crippen LogP contribution in [-0.2, 0) is 0 Å². The Morgan fingerprint density at radius 3 is 3.25 bits per heavy atom. The number of nitrogens with one attached hydrogen (secondary N) is 1. The SMILES string of the molecule is CCCC1=CCN[C]1. The van der Waals surface area contributed by atoms with Gasteiger partial charge in [-0.05, 0) is 12.0 Å². The first kappa shape index (κ1) is 5.83. The van der Waals surface area contributed by atoms with Crippen LogP contribution in [0.5, 0.6) is 0 Å². The van der Waals surface area contributed by atoms with Gasteiger partial charge in [0.1, 0.15) is 0 Å². The number of rotatable bonds is 2. The van der Waals surface area contributed by atoms with Crippen LogP contribution in [0.4, 0.5) is 0 Å². The molecule has 1 heteroatoms. The van der Waals surface area contributed by atoms with Crippen molar-refractivity contribution >= 4 is 0 Å². The standard InChI is InChI=1S/C7H11N/c1-2-3-7-4-5-8-6-7/h4,8H,2-3,5H2,1H3. The van der Waals surface area contributed by atoms with Crippen LogP contribution in [0.15, 0.2) is 11.6 Å². The minimum atomic E-state index is 0.981. The quantitative estimate of drug-likeness (QED) is 0.564. The largest absolute Gasteiger partial charge is 0.300 e. The van der Waals surface area contributed by atoms with E-state index in [-0.39, 0.29) is 0 Å². The molecule has 2 radical (unpaired) electrons. The van der Waals surface area contributed by atoms with Gasteiger partial charge in [-0.1, -0.05) is 19.4 Å². The molecule has 1 aliphatic rings. The van der Waals surface area contributed by atoms with E-state index in [0.717, 1.165) is 6.54 Å². The van der Waals surface area contributed by atoms with Gasteiger partial charge in [-0.15, -0.1) is 0 Å². The van der Waals surface area contributed by atoms with Crippen LogP contribution >= 0.6 is 0 Å². The minimum Gasteiger partial charge on any atom is -0.300 e. The van der Waals surface area contributed by atoms with Gasteiger partial charge in [0.2, 0.25) is 0 Å². The van der Waals surface area contributed by atoms with Crippen molar-refractivity contribution in [2.24, 2.45) is 0 Å². The molecule has 0 bridgehead atoms. The van der Waals surface area contributed by atoms with Crippen LogP contribution < -0.4 is 5.32 Å². The summed E-state index contributed by atoms with van der Waals surface area (Å²) in [6.07, 6.45) is 4.58. The first-order valence-corrected chi connectivity index (χ1v) is 3.11. The molecule has 0 fully saturated rings. The van der Waals surface area contributed by atoms with Gasteiger partial charge in [0, 0.05) is 6.54 Å². The van der Waals surface area contributed by atoms with Gasteiger partial charge in [0.25, 0.3) is 0 Å². The molecule has 44 valence electrons. The molecule has 0 aromatic rings. The van der Waals surface area contributed by atoms with Crippen molar-refractivity contribution in [3.05, 3.63) is 18.2 Å². The third-order valence-corrected chi connectivity index (χ3v) is 1.22. The molecule has 0 aromatic heterocycles. The predicted molar refractivity (Wildman–Crippen MR) is 34.2 cm³/mol. The summed E-state index contributed by atoms with van der Waals surface area (Å²) in [5.74, 6) is 0. The number of hydrogen-bond acceptors (Lipinski definition) is 1. The van der Waals surface area contributed by atoms with Crippen LogP contribution in [0, 0.1) is 6.54 Å². The molecule has 0 amide bonds. The molecule has 1 heterocycles. The highest BCUT2D eigenvalue weighted by molar-refractivity contribution is 5.18. The highest BCUT2D eigenvalue weighted by Crippen LogP contribution is 2.09. The van der Waals surface area contributed by atoms with Crippen molar-refractivity contribution in [3.8, 4) is 0 Å². The molecular formula is C7H11N. The predicted octanol–water partition coefficient (Wildman–Crippen LogP) is 1.35. The zero-order valence-corrected chi connectivity index (χ0v) is 5.20. The van der Waals surface area contributed by atoms with E-state index in [4.69, 9.17) is 0 Å². The average molecular weight is 109 g/mol. The Morgan fingerprint density at radius 1 is 1.88 bits per heavy atom. The lowest BCUT2D eigenvalue weighted by atomic mass is 10.2. The maximum Gasteiger partial charge on any atom is 0.0889 e. The van der Waals surface area contributed by atoms with E-state index < -0.39 is 0 Å². The van der Waals surface area contributed by atoms with Gasteiger partial charge in [-0.25, -0.2) is 0 Å². The molecule has 0 atom stereocenters. The normalized spacial score (nSPS) is 18.9. The van der Waals surface area contributed by atoms with Crippen molar-refractivity contribution in [1.82, 2.24) is 5.32 Å². The summed E-state index contributed by atoms with van der Waals surface area (Å²) in [4.78, 5) is 0. The van der Waals surface area contributed by atoms with Crippen LogP contribution in [0.3, 0.4) is 0 Å². The van der Waals surface area contributed by atoms with E-state index in [9.17, 15) is 0 Å². The summed E-state index contributed by atoms with van der Waals surface area (Å²) in [7, 11) is 0. The number of hydrogen-bond donors (Lipinski definition) is 1. The van der Waals surface area contributed by atoms with Crippen LogP contribution in [-0.4, -0.2) is 6.54 Å². The van der Waals surface area contributed by atoms with Gasteiger partial charge in [0.15, 0.2) is 0 Å². The molecule has 0 saturated carbocycles. The zero-order chi connectivity index (χ0) is 5.82. The summed E-state index contributed by atoms with van der Waals surface area (Å²) < 4.78 is 0. The van der Waals surface area contributed by atoms with E-state index in [1.165, 1.54) is 18.4 Å². The molecule has 0 saturated heterocycles. The molecule has 8 heavy (non-hydrogen) atoms. The first-order chi connectivity index (χ1) is 3.93. The summed E-state index contributed by atoms with van der Waals surface area (Å²) in [6, 6.07) is 0. The van der Waals surface area contributed by atoms with Gasteiger partial charge in [-0.2, -0.15) is 0 Å². The Balaban J connectivity index is 2.23. The summed E-state index contributed by atoms with van der Waals surface area (Å²) in [5.41, 5.74) is 1.34. The lowest BCUT2D eigenvalue weighted by molar-refractivity contribution is 0.889. The fraction of sp³-hybridized carbons (Fsp3) is 0.571. The molecule has 1 rings (SSSR count). The third kappa shape index (κ3) is 1.34. The Morgan fingerprint density at radius 2 is 2.75 bits per heavy atom. The van der Waals surface area contributed by atoms with Crippen molar-refractivity contribution in [1.29, 1.82) is 0 Å². The maximum absolute atomic E-state index is 3.07. The monoisotopic (exact) mass is 109 g/mol. The van der Waals surface area contributed by atoms with Crippen molar-refractivity contribution in [2.75, 3.05) is 6.54 Å². The van der Waals surface area contributed by atoms with Crippen LogP contribution in [0.1, 0.15) is 19.8 Å². The van der Waals surface area contributed by atoms with Gasteiger partial charge >= 0.3 is 0 Å². The fourth-order valence-corrected chi connectivity index (χ4v) is 0.824. The molecule has 0 unspecified atom stereocenters. The topological polar surface area (TPSA) is 12.0 Å². The highest BCUT2D eigenvalue weighted by atomic mass is 14.9. The lowest BCUT2D eigenvalue weighted by Crippen LogP contribution is -2.01. The molecule has 0 aliphatic carbocycles. The second-order valence-electron chi connectivity index (χ2n) is 1.99. The average Bonchev–Trinajstić information content (AvgIpc) is 2.19. The molecular weight excluding hydrogens is 98.1 g/mol. The van der Waals surface area contributed by atoms with Crippen molar-refractivity contribution in [2.45, 2.75) is 19.8 Å². The highest BCUT2D eigenvalue weighted by Gasteiger charge is 2.01. The zero-order valence-electron chi connectivity index (χ0n) is 5.20.